The maximum Gasteiger partial charge on any atom is 0.212 e. The summed E-state index contributed by atoms with van der Waals surface area (Å²) < 4.78 is 10.6. The van der Waals surface area contributed by atoms with Crippen LogP contribution >= 0.6 is 24.0 Å². The third-order valence-corrected chi connectivity index (χ3v) is 4.23. The molecular formula is C17H29IN4O3. The molecule has 1 fully saturated rings. The summed E-state index contributed by atoms with van der Waals surface area (Å²) in [6, 6.07) is 3.79. The largest absolute Gasteiger partial charge is 0.481 e. The number of aliphatic hydroxyl groups is 1. The van der Waals surface area contributed by atoms with Gasteiger partial charge in [0.1, 0.15) is 0 Å². The molecule has 3 N–H and O–H groups in total. The van der Waals surface area contributed by atoms with Crippen LogP contribution in [0.2, 0.25) is 0 Å². The van der Waals surface area contributed by atoms with Crippen LogP contribution in [0.25, 0.3) is 0 Å². The Morgan fingerprint density at radius 3 is 2.84 bits per heavy atom. The standard InChI is InChI=1S/C17H28N4O3.HI/c1-3-18-16(20-11-14-4-5-15(23-2)19-10-14)21-12-17(6-8-22)7-9-24-13-17;/h4-5,10,22H,3,6-9,11-13H2,1-2H3,(H2,18,20,21);1H. The van der Waals surface area contributed by atoms with Crippen molar-refractivity contribution in [3.05, 3.63) is 23.9 Å². The van der Waals surface area contributed by atoms with E-state index in [4.69, 9.17) is 9.47 Å². The molecule has 0 saturated carbocycles. The fourth-order valence-corrected chi connectivity index (χ4v) is 2.72. The lowest BCUT2D eigenvalue weighted by Crippen LogP contribution is -2.44. The Kier molecular flexibility index (Phi) is 10.1. The summed E-state index contributed by atoms with van der Waals surface area (Å²) in [5.74, 6) is 1.36. The van der Waals surface area contributed by atoms with E-state index in [1.807, 2.05) is 19.1 Å². The van der Waals surface area contributed by atoms with Crippen molar-refractivity contribution in [1.82, 2.24) is 15.6 Å². The lowest BCUT2D eigenvalue weighted by Gasteiger charge is -2.27. The van der Waals surface area contributed by atoms with E-state index in [0.717, 1.165) is 44.1 Å². The Hall–Kier alpha value is -1.13. The molecule has 7 nitrogen and oxygen atoms in total. The molecule has 1 aliphatic rings. The molecule has 0 spiro atoms. The first-order valence-electron chi connectivity index (χ1n) is 8.41. The number of rotatable bonds is 8. The second-order valence-electron chi connectivity index (χ2n) is 6.03. The molecule has 1 atom stereocenters. The Bertz CT molecular complexity index is 519. The number of hydrogen-bond acceptors (Lipinski definition) is 5. The van der Waals surface area contributed by atoms with Gasteiger partial charge in [-0.25, -0.2) is 9.98 Å². The first kappa shape index (κ1) is 21.9. The number of aliphatic imine (C=N–C) groups is 1. The van der Waals surface area contributed by atoms with Crippen molar-refractivity contribution < 1.29 is 14.6 Å². The second kappa shape index (κ2) is 11.5. The van der Waals surface area contributed by atoms with Gasteiger partial charge in [-0.3, -0.25) is 0 Å². The number of aromatic nitrogens is 1. The van der Waals surface area contributed by atoms with Crippen LogP contribution in [0.3, 0.4) is 0 Å². The van der Waals surface area contributed by atoms with Crippen molar-refractivity contribution in [2.75, 3.05) is 40.0 Å². The minimum Gasteiger partial charge on any atom is -0.481 e. The maximum atomic E-state index is 9.31. The molecule has 1 aromatic rings. The van der Waals surface area contributed by atoms with Crippen LogP contribution in [-0.4, -0.2) is 56.1 Å². The highest BCUT2D eigenvalue weighted by atomic mass is 127. The van der Waals surface area contributed by atoms with Gasteiger partial charge in [0.25, 0.3) is 0 Å². The number of methoxy groups -OCH3 is 1. The monoisotopic (exact) mass is 464 g/mol. The van der Waals surface area contributed by atoms with Gasteiger partial charge in [0.05, 0.1) is 20.3 Å². The quantitative estimate of drug-likeness (QED) is 0.308. The molecule has 1 saturated heterocycles. The van der Waals surface area contributed by atoms with Crippen molar-refractivity contribution in [2.24, 2.45) is 10.4 Å². The van der Waals surface area contributed by atoms with Crippen LogP contribution in [0.15, 0.2) is 23.3 Å². The predicted octanol–water partition coefficient (Wildman–Crippen LogP) is 1.55. The zero-order valence-electron chi connectivity index (χ0n) is 15.0. The molecule has 25 heavy (non-hydrogen) atoms. The number of nitrogens with one attached hydrogen (secondary N) is 2. The number of pyridine rings is 1. The summed E-state index contributed by atoms with van der Waals surface area (Å²) >= 11 is 0. The number of ether oxygens (including phenoxy) is 2. The average molecular weight is 464 g/mol. The lowest BCUT2D eigenvalue weighted by molar-refractivity contribution is 0.127. The molecule has 1 aliphatic heterocycles. The normalized spacial score (nSPS) is 20.0. The van der Waals surface area contributed by atoms with Crippen molar-refractivity contribution in [3.63, 3.8) is 0 Å². The summed E-state index contributed by atoms with van der Waals surface area (Å²) in [5.41, 5.74) is 1.01. The van der Waals surface area contributed by atoms with Crippen molar-refractivity contribution in [2.45, 2.75) is 26.3 Å². The summed E-state index contributed by atoms with van der Waals surface area (Å²) in [7, 11) is 1.60. The van der Waals surface area contributed by atoms with E-state index in [1.54, 1.807) is 13.3 Å². The average Bonchev–Trinajstić information content (AvgIpc) is 3.07. The van der Waals surface area contributed by atoms with Gasteiger partial charge in [-0.05, 0) is 25.3 Å². The molecular weight excluding hydrogens is 435 g/mol. The Balaban J connectivity index is 0.00000312. The van der Waals surface area contributed by atoms with Gasteiger partial charge in [0.2, 0.25) is 5.88 Å². The highest BCUT2D eigenvalue weighted by Gasteiger charge is 2.34. The summed E-state index contributed by atoms with van der Waals surface area (Å²) in [5, 5.41) is 15.9. The number of nitrogens with zero attached hydrogens (tertiary/aromatic N) is 2. The topological polar surface area (TPSA) is 88.0 Å². The Morgan fingerprint density at radius 2 is 2.28 bits per heavy atom. The van der Waals surface area contributed by atoms with Crippen LogP contribution in [0, 0.1) is 5.41 Å². The van der Waals surface area contributed by atoms with Crippen LogP contribution in [0.5, 0.6) is 5.88 Å². The molecule has 2 rings (SSSR count). The first-order chi connectivity index (χ1) is 11.7. The summed E-state index contributed by atoms with van der Waals surface area (Å²) in [4.78, 5) is 8.79. The summed E-state index contributed by atoms with van der Waals surface area (Å²) in [6.07, 6.45) is 3.47. The number of hydrogen-bond donors (Lipinski definition) is 3. The van der Waals surface area contributed by atoms with Gasteiger partial charge < -0.3 is 25.2 Å². The van der Waals surface area contributed by atoms with Gasteiger partial charge in [-0.1, -0.05) is 6.07 Å². The third-order valence-electron chi connectivity index (χ3n) is 4.23. The maximum absolute atomic E-state index is 9.31. The molecule has 0 bridgehead atoms. The highest BCUT2D eigenvalue weighted by Crippen LogP contribution is 2.31. The van der Waals surface area contributed by atoms with Crippen molar-refractivity contribution >= 4 is 29.9 Å². The van der Waals surface area contributed by atoms with E-state index in [1.165, 1.54) is 0 Å². The number of guanidine groups is 1. The van der Waals surface area contributed by atoms with E-state index >= 15 is 0 Å². The van der Waals surface area contributed by atoms with Gasteiger partial charge in [0.15, 0.2) is 5.96 Å². The smallest absolute Gasteiger partial charge is 0.212 e. The SMILES string of the molecule is CCNC(=NCc1ccc(OC)nc1)NCC1(CCO)CCOC1.I. The number of halogens is 1. The van der Waals surface area contributed by atoms with Crippen LogP contribution in [0.1, 0.15) is 25.3 Å². The lowest BCUT2D eigenvalue weighted by atomic mass is 9.84. The molecule has 0 radical (unpaired) electrons. The zero-order valence-corrected chi connectivity index (χ0v) is 17.3. The van der Waals surface area contributed by atoms with E-state index in [2.05, 4.69) is 20.6 Å². The number of aliphatic hydroxyl groups excluding tert-OH is 1. The molecule has 0 amide bonds. The van der Waals surface area contributed by atoms with Crippen LogP contribution in [-0.2, 0) is 11.3 Å². The minimum absolute atomic E-state index is 0. The molecule has 8 heteroatoms. The fourth-order valence-electron chi connectivity index (χ4n) is 2.72. The van der Waals surface area contributed by atoms with E-state index in [-0.39, 0.29) is 36.0 Å². The highest BCUT2D eigenvalue weighted by molar-refractivity contribution is 14.0. The van der Waals surface area contributed by atoms with E-state index < -0.39 is 0 Å². The molecule has 1 aromatic heterocycles. The zero-order chi connectivity index (χ0) is 17.3. The van der Waals surface area contributed by atoms with Gasteiger partial charge in [-0.2, -0.15) is 0 Å². The Labute approximate surface area is 166 Å². The Morgan fingerprint density at radius 1 is 1.44 bits per heavy atom. The van der Waals surface area contributed by atoms with Crippen molar-refractivity contribution in [3.8, 4) is 5.88 Å². The third kappa shape index (κ3) is 6.95. The predicted molar refractivity (Wildman–Crippen MR) is 109 cm³/mol. The molecule has 2 heterocycles. The minimum atomic E-state index is -0.00733. The van der Waals surface area contributed by atoms with Crippen molar-refractivity contribution in [1.29, 1.82) is 0 Å². The van der Waals surface area contributed by atoms with Gasteiger partial charge in [-0.15, -0.1) is 24.0 Å². The van der Waals surface area contributed by atoms with Crippen LogP contribution in [0.4, 0.5) is 0 Å². The van der Waals surface area contributed by atoms with E-state index in [0.29, 0.717) is 19.0 Å². The summed E-state index contributed by atoms with van der Waals surface area (Å²) in [6.45, 7) is 5.71. The van der Waals surface area contributed by atoms with Gasteiger partial charge in [0, 0.05) is 44.0 Å². The molecule has 0 aromatic carbocycles. The fraction of sp³-hybridized carbons (Fsp3) is 0.647. The van der Waals surface area contributed by atoms with Crippen LogP contribution < -0.4 is 15.4 Å². The van der Waals surface area contributed by atoms with Gasteiger partial charge >= 0.3 is 0 Å². The van der Waals surface area contributed by atoms with E-state index in [9.17, 15) is 5.11 Å². The molecule has 0 aliphatic carbocycles. The molecule has 1 unspecified atom stereocenters. The second-order valence-corrected chi connectivity index (χ2v) is 6.03. The molecule has 142 valence electrons. The first-order valence-corrected chi connectivity index (χ1v) is 8.41.